The molecule has 0 aliphatic rings. The summed E-state index contributed by atoms with van der Waals surface area (Å²) in [7, 11) is 0. The normalized spacial score (nSPS) is 9.89. The highest BCUT2D eigenvalue weighted by atomic mass is 16.2. The van der Waals surface area contributed by atoms with Gasteiger partial charge in [0.05, 0.1) is 6.07 Å². The fourth-order valence-electron chi connectivity index (χ4n) is 1.36. The van der Waals surface area contributed by atoms with E-state index in [4.69, 9.17) is 5.26 Å². The number of rotatable bonds is 5. The molecule has 1 aromatic carbocycles. The highest BCUT2D eigenvalue weighted by Crippen LogP contribution is 2.15. The molecule has 0 saturated carbocycles. The topological polar surface area (TPSA) is 82.0 Å². The first-order valence-corrected chi connectivity index (χ1v) is 5.90. The van der Waals surface area contributed by atoms with Crippen LogP contribution in [0.2, 0.25) is 0 Å². The maximum atomic E-state index is 11.5. The molecule has 98 valence electrons. The van der Waals surface area contributed by atoms with E-state index in [0.29, 0.717) is 11.4 Å². The van der Waals surface area contributed by atoms with E-state index in [9.17, 15) is 9.59 Å². The van der Waals surface area contributed by atoms with Crippen molar-refractivity contribution in [3.8, 4) is 6.07 Å². The number of amides is 2. The van der Waals surface area contributed by atoms with Crippen LogP contribution in [-0.2, 0) is 9.59 Å². The molecular formula is C14H15N3O2. The molecule has 0 radical (unpaired) electrons. The van der Waals surface area contributed by atoms with Crippen LogP contribution in [0.4, 0.5) is 11.4 Å². The molecule has 0 aliphatic heterocycles. The van der Waals surface area contributed by atoms with E-state index in [2.05, 4.69) is 10.6 Å². The third-order valence-electron chi connectivity index (χ3n) is 2.16. The van der Waals surface area contributed by atoms with Gasteiger partial charge in [0.15, 0.2) is 0 Å². The Kier molecular flexibility index (Phi) is 5.83. The van der Waals surface area contributed by atoms with Crippen molar-refractivity contribution < 1.29 is 9.59 Å². The lowest BCUT2D eigenvalue weighted by Crippen LogP contribution is -2.11. The number of nitrogens with zero attached hydrogens (tertiary/aromatic N) is 1. The zero-order valence-electron chi connectivity index (χ0n) is 10.6. The zero-order chi connectivity index (χ0) is 14.1. The summed E-state index contributed by atoms with van der Waals surface area (Å²) in [6, 6.07) is 8.52. The number of hydrogen-bond acceptors (Lipinski definition) is 3. The lowest BCUT2D eigenvalue weighted by atomic mass is 10.2. The van der Waals surface area contributed by atoms with E-state index < -0.39 is 0 Å². The Morgan fingerprint density at radius 1 is 1.32 bits per heavy atom. The van der Waals surface area contributed by atoms with Gasteiger partial charge in [-0.25, -0.2) is 0 Å². The SMILES string of the molecule is CC/C=C/C(=O)Nc1cccc(NC(=O)CC#N)c1. The maximum absolute atomic E-state index is 11.5. The van der Waals surface area contributed by atoms with Gasteiger partial charge in [0.25, 0.3) is 0 Å². The van der Waals surface area contributed by atoms with Crippen LogP contribution >= 0.6 is 0 Å². The Morgan fingerprint density at radius 3 is 2.63 bits per heavy atom. The summed E-state index contributed by atoms with van der Waals surface area (Å²) in [5.41, 5.74) is 1.12. The van der Waals surface area contributed by atoms with Crippen molar-refractivity contribution in [2.45, 2.75) is 19.8 Å². The third-order valence-corrected chi connectivity index (χ3v) is 2.16. The predicted molar refractivity (Wildman–Crippen MR) is 73.4 cm³/mol. The van der Waals surface area contributed by atoms with Crippen molar-refractivity contribution in [3.63, 3.8) is 0 Å². The summed E-state index contributed by atoms with van der Waals surface area (Å²) in [6.45, 7) is 1.94. The van der Waals surface area contributed by atoms with Crippen LogP contribution in [0, 0.1) is 11.3 Å². The first-order valence-electron chi connectivity index (χ1n) is 5.90. The molecule has 19 heavy (non-hydrogen) atoms. The highest BCUT2D eigenvalue weighted by molar-refractivity contribution is 6.00. The van der Waals surface area contributed by atoms with Gasteiger partial charge in [0.2, 0.25) is 11.8 Å². The molecular weight excluding hydrogens is 242 g/mol. The highest BCUT2D eigenvalue weighted by Gasteiger charge is 2.03. The number of carbonyl (C=O) groups is 2. The molecule has 5 heteroatoms. The van der Waals surface area contributed by atoms with E-state index in [1.807, 2.05) is 6.92 Å². The summed E-state index contributed by atoms with van der Waals surface area (Å²) < 4.78 is 0. The molecule has 2 N–H and O–H groups in total. The van der Waals surface area contributed by atoms with Crippen LogP contribution in [0.1, 0.15) is 19.8 Å². The summed E-state index contributed by atoms with van der Waals surface area (Å²) in [4.78, 5) is 22.7. The Morgan fingerprint density at radius 2 is 2.00 bits per heavy atom. The van der Waals surface area contributed by atoms with Gasteiger partial charge in [-0.05, 0) is 30.7 Å². The zero-order valence-corrected chi connectivity index (χ0v) is 10.6. The van der Waals surface area contributed by atoms with Gasteiger partial charge in [-0.1, -0.05) is 19.1 Å². The lowest BCUT2D eigenvalue weighted by molar-refractivity contribution is -0.115. The smallest absolute Gasteiger partial charge is 0.248 e. The van der Waals surface area contributed by atoms with Crippen LogP contribution in [0.5, 0.6) is 0 Å². The Balaban J connectivity index is 2.67. The Labute approximate surface area is 111 Å². The summed E-state index contributed by atoms with van der Waals surface area (Å²) >= 11 is 0. The van der Waals surface area contributed by atoms with E-state index >= 15 is 0 Å². The predicted octanol–water partition coefficient (Wildman–Crippen LogP) is 2.44. The van der Waals surface area contributed by atoms with E-state index in [1.54, 1.807) is 36.4 Å². The minimum Gasteiger partial charge on any atom is -0.325 e. The molecule has 0 saturated heterocycles. The van der Waals surface area contributed by atoms with Gasteiger partial charge >= 0.3 is 0 Å². The molecule has 0 atom stereocenters. The fourth-order valence-corrected chi connectivity index (χ4v) is 1.36. The average molecular weight is 257 g/mol. The average Bonchev–Trinajstić information content (AvgIpc) is 2.37. The number of anilines is 2. The quantitative estimate of drug-likeness (QED) is 0.795. The Hall–Kier alpha value is -2.61. The molecule has 0 unspecified atom stereocenters. The number of allylic oxidation sites excluding steroid dienone is 1. The molecule has 5 nitrogen and oxygen atoms in total. The largest absolute Gasteiger partial charge is 0.325 e. The number of nitrogens with one attached hydrogen (secondary N) is 2. The lowest BCUT2D eigenvalue weighted by Gasteiger charge is -2.06. The van der Waals surface area contributed by atoms with E-state index in [0.717, 1.165) is 6.42 Å². The number of nitriles is 1. The molecule has 0 heterocycles. The molecule has 0 aliphatic carbocycles. The van der Waals surface area contributed by atoms with Gasteiger partial charge in [-0.15, -0.1) is 0 Å². The van der Waals surface area contributed by atoms with Crippen molar-refractivity contribution in [2.24, 2.45) is 0 Å². The van der Waals surface area contributed by atoms with Gasteiger partial charge in [0.1, 0.15) is 6.42 Å². The van der Waals surface area contributed by atoms with Gasteiger partial charge in [-0.3, -0.25) is 9.59 Å². The first-order chi connectivity index (χ1) is 9.15. The molecule has 0 fully saturated rings. The summed E-state index contributed by atoms with van der Waals surface area (Å²) in [6.07, 6.45) is 3.81. The maximum Gasteiger partial charge on any atom is 0.248 e. The van der Waals surface area contributed by atoms with Crippen molar-refractivity contribution in [2.75, 3.05) is 10.6 Å². The van der Waals surface area contributed by atoms with Crippen molar-refractivity contribution in [1.29, 1.82) is 5.26 Å². The molecule has 0 bridgehead atoms. The van der Waals surface area contributed by atoms with Gasteiger partial charge < -0.3 is 10.6 Å². The van der Waals surface area contributed by atoms with Crippen LogP contribution in [0.15, 0.2) is 36.4 Å². The van der Waals surface area contributed by atoms with Crippen molar-refractivity contribution in [1.82, 2.24) is 0 Å². The van der Waals surface area contributed by atoms with Crippen LogP contribution in [-0.4, -0.2) is 11.8 Å². The minimum atomic E-state index is -0.378. The fraction of sp³-hybridized carbons (Fsp3) is 0.214. The van der Waals surface area contributed by atoms with Gasteiger partial charge in [0, 0.05) is 11.4 Å². The first kappa shape index (κ1) is 14.5. The second-order valence-electron chi connectivity index (χ2n) is 3.76. The van der Waals surface area contributed by atoms with E-state index in [1.165, 1.54) is 6.08 Å². The minimum absolute atomic E-state index is 0.199. The number of hydrogen-bond donors (Lipinski definition) is 2. The van der Waals surface area contributed by atoms with Crippen LogP contribution in [0.3, 0.4) is 0 Å². The van der Waals surface area contributed by atoms with Crippen molar-refractivity contribution >= 4 is 23.2 Å². The standard InChI is InChI=1S/C14H15N3O2/c1-2-3-7-13(18)16-11-5-4-6-12(10-11)17-14(19)8-9-15/h3-7,10H,2,8H2,1H3,(H,16,18)(H,17,19)/b7-3+. The molecule has 1 rings (SSSR count). The molecule has 2 amide bonds. The number of carbonyl (C=O) groups excluding carboxylic acids is 2. The second kappa shape index (κ2) is 7.67. The summed E-state index contributed by atoms with van der Waals surface area (Å²) in [5, 5.41) is 13.6. The molecule has 1 aromatic rings. The molecule has 0 aromatic heterocycles. The van der Waals surface area contributed by atoms with Crippen molar-refractivity contribution in [3.05, 3.63) is 36.4 Å². The van der Waals surface area contributed by atoms with Crippen LogP contribution in [0.25, 0.3) is 0 Å². The summed E-state index contributed by atoms with van der Waals surface area (Å²) in [5.74, 6) is -0.598. The monoisotopic (exact) mass is 257 g/mol. The number of benzene rings is 1. The Bertz CT molecular complexity index is 530. The third kappa shape index (κ3) is 5.50. The van der Waals surface area contributed by atoms with Crippen LogP contribution < -0.4 is 10.6 Å². The van der Waals surface area contributed by atoms with Gasteiger partial charge in [-0.2, -0.15) is 5.26 Å². The second-order valence-corrected chi connectivity index (χ2v) is 3.76. The van der Waals surface area contributed by atoms with E-state index in [-0.39, 0.29) is 18.2 Å². The molecule has 0 spiro atoms.